The van der Waals surface area contributed by atoms with Gasteiger partial charge in [-0.2, -0.15) is 0 Å². The smallest absolute Gasteiger partial charge is 0.0474 e. The molecule has 0 radical (unpaired) electrons. The molecule has 0 aromatic heterocycles. The van der Waals surface area contributed by atoms with Crippen molar-refractivity contribution in [3.05, 3.63) is 0 Å². The normalized spacial score (nSPS) is 25.9. The van der Waals surface area contributed by atoms with Gasteiger partial charge in [0.05, 0.1) is 0 Å². The fraction of sp³-hybridized carbons (Fsp3) is 1.00. The van der Waals surface area contributed by atoms with Gasteiger partial charge in [-0.3, -0.25) is 0 Å². The van der Waals surface area contributed by atoms with Crippen molar-refractivity contribution in [2.24, 2.45) is 5.92 Å². The van der Waals surface area contributed by atoms with Crippen LogP contribution in [0.4, 0.5) is 0 Å². The van der Waals surface area contributed by atoms with Crippen LogP contribution in [0.2, 0.25) is 0 Å². The number of unbranched alkanes of at least 4 members (excludes halogenated alkanes) is 4. The molecule has 0 aromatic rings. The van der Waals surface area contributed by atoms with Crippen molar-refractivity contribution >= 4 is 0 Å². The van der Waals surface area contributed by atoms with Crippen molar-refractivity contribution in [2.45, 2.75) is 70.8 Å². The highest BCUT2D eigenvalue weighted by atomic mass is 16.3. The van der Waals surface area contributed by atoms with E-state index >= 15 is 0 Å². The summed E-state index contributed by atoms with van der Waals surface area (Å²) in [4.78, 5) is 0. The van der Waals surface area contributed by atoms with E-state index in [1.165, 1.54) is 57.8 Å². The standard InChI is InChI=1S/C14H29NO/c1-2-3-4-5-8-11-15-14-10-7-6-9-13(14)12-16/h13-16H,2-12H2,1H3. The topological polar surface area (TPSA) is 32.3 Å². The van der Waals surface area contributed by atoms with Crippen LogP contribution in [-0.2, 0) is 0 Å². The van der Waals surface area contributed by atoms with Gasteiger partial charge in [0, 0.05) is 12.6 Å². The molecule has 0 heterocycles. The Morgan fingerprint density at radius 1 is 1.06 bits per heavy atom. The van der Waals surface area contributed by atoms with E-state index in [-0.39, 0.29) is 0 Å². The predicted molar refractivity (Wildman–Crippen MR) is 69.6 cm³/mol. The van der Waals surface area contributed by atoms with Crippen molar-refractivity contribution in [2.75, 3.05) is 13.2 Å². The first kappa shape index (κ1) is 14.0. The molecule has 2 nitrogen and oxygen atoms in total. The van der Waals surface area contributed by atoms with Crippen LogP contribution in [0, 0.1) is 5.92 Å². The minimum Gasteiger partial charge on any atom is -0.396 e. The lowest BCUT2D eigenvalue weighted by Gasteiger charge is -2.31. The highest BCUT2D eigenvalue weighted by Gasteiger charge is 2.23. The molecule has 2 unspecified atom stereocenters. The molecule has 1 saturated carbocycles. The van der Waals surface area contributed by atoms with Gasteiger partial charge in [-0.25, -0.2) is 0 Å². The first-order valence-corrected chi connectivity index (χ1v) is 7.22. The van der Waals surface area contributed by atoms with Crippen LogP contribution in [-0.4, -0.2) is 24.3 Å². The average molecular weight is 227 g/mol. The third kappa shape index (κ3) is 5.31. The number of rotatable bonds is 8. The number of aliphatic hydroxyl groups excluding tert-OH is 1. The minimum atomic E-state index is 0.369. The number of hydrogen-bond donors (Lipinski definition) is 2. The lowest BCUT2D eigenvalue weighted by atomic mass is 9.85. The van der Waals surface area contributed by atoms with E-state index in [1.807, 2.05) is 0 Å². The number of nitrogens with one attached hydrogen (secondary N) is 1. The summed E-state index contributed by atoms with van der Waals surface area (Å²) in [5.74, 6) is 0.518. The molecule has 96 valence electrons. The third-order valence-electron chi connectivity index (χ3n) is 3.83. The molecule has 16 heavy (non-hydrogen) atoms. The minimum absolute atomic E-state index is 0.369. The van der Waals surface area contributed by atoms with E-state index in [4.69, 9.17) is 0 Å². The Morgan fingerprint density at radius 3 is 2.56 bits per heavy atom. The van der Waals surface area contributed by atoms with E-state index < -0.39 is 0 Å². The molecule has 1 aliphatic carbocycles. The second-order valence-corrected chi connectivity index (χ2v) is 5.20. The average Bonchev–Trinajstić information content (AvgIpc) is 2.34. The lowest BCUT2D eigenvalue weighted by molar-refractivity contribution is 0.153. The fourth-order valence-corrected chi connectivity index (χ4v) is 2.71. The highest BCUT2D eigenvalue weighted by molar-refractivity contribution is 4.80. The van der Waals surface area contributed by atoms with E-state index in [0.29, 0.717) is 18.6 Å². The Labute approximate surface area is 101 Å². The summed E-state index contributed by atoms with van der Waals surface area (Å²) >= 11 is 0. The Balaban J connectivity index is 2.02. The molecule has 0 amide bonds. The SMILES string of the molecule is CCCCCCCNC1CCCCC1CO. The summed E-state index contributed by atoms with van der Waals surface area (Å²) in [7, 11) is 0. The summed E-state index contributed by atoms with van der Waals surface area (Å²) in [5, 5.41) is 12.9. The van der Waals surface area contributed by atoms with Gasteiger partial charge in [-0.1, -0.05) is 45.4 Å². The summed E-state index contributed by atoms with van der Waals surface area (Å²) in [6.45, 7) is 3.77. The Morgan fingerprint density at radius 2 is 1.81 bits per heavy atom. The van der Waals surface area contributed by atoms with Crippen LogP contribution in [0.5, 0.6) is 0 Å². The number of hydrogen-bond acceptors (Lipinski definition) is 2. The van der Waals surface area contributed by atoms with Crippen molar-refractivity contribution in [1.82, 2.24) is 5.32 Å². The monoisotopic (exact) mass is 227 g/mol. The van der Waals surface area contributed by atoms with E-state index in [2.05, 4.69) is 12.2 Å². The molecule has 1 rings (SSSR count). The largest absolute Gasteiger partial charge is 0.396 e. The Bertz CT molecular complexity index is 161. The maximum Gasteiger partial charge on any atom is 0.0474 e. The number of aliphatic hydroxyl groups is 1. The summed E-state index contributed by atoms with van der Waals surface area (Å²) in [6.07, 6.45) is 11.9. The molecular formula is C14H29NO. The lowest BCUT2D eigenvalue weighted by Crippen LogP contribution is -2.40. The van der Waals surface area contributed by atoms with Gasteiger partial charge in [0.1, 0.15) is 0 Å². The van der Waals surface area contributed by atoms with Crippen LogP contribution in [0.1, 0.15) is 64.7 Å². The first-order valence-electron chi connectivity index (χ1n) is 7.22. The van der Waals surface area contributed by atoms with Crippen molar-refractivity contribution in [3.8, 4) is 0 Å². The van der Waals surface area contributed by atoms with Crippen LogP contribution in [0.15, 0.2) is 0 Å². The van der Waals surface area contributed by atoms with Gasteiger partial charge >= 0.3 is 0 Å². The van der Waals surface area contributed by atoms with Gasteiger partial charge < -0.3 is 10.4 Å². The van der Waals surface area contributed by atoms with Crippen molar-refractivity contribution in [1.29, 1.82) is 0 Å². The second kappa shape index (κ2) is 9.00. The van der Waals surface area contributed by atoms with Gasteiger partial charge in [0.15, 0.2) is 0 Å². The predicted octanol–water partition coefficient (Wildman–Crippen LogP) is 3.10. The molecule has 0 aromatic carbocycles. The van der Waals surface area contributed by atoms with Crippen molar-refractivity contribution < 1.29 is 5.11 Å². The maximum absolute atomic E-state index is 9.29. The fourth-order valence-electron chi connectivity index (χ4n) is 2.71. The zero-order valence-corrected chi connectivity index (χ0v) is 10.9. The Kier molecular flexibility index (Phi) is 7.87. The van der Waals surface area contributed by atoms with Gasteiger partial charge in [-0.05, 0) is 31.7 Å². The molecule has 0 spiro atoms. The quantitative estimate of drug-likeness (QED) is 0.625. The molecule has 0 aliphatic heterocycles. The van der Waals surface area contributed by atoms with Crippen LogP contribution in [0.3, 0.4) is 0 Å². The molecule has 1 fully saturated rings. The highest BCUT2D eigenvalue weighted by Crippen LogP contribution is 2.23. The third-order valence-corrected chi connectivity index (χ3v) is 3.83. The second-order valence-electron chi connectivity index (χ2n) is 5.20. The van der Waals surface area contributed by atoms with Gasteiger partial charge in [0.25, 0.3) is 0 Å². The van der Waals surface area contributed by atoms with Gasteiger partial charge in [0.2, 0.25) is 0 Å². The molecule has 2 heteroatoms. The molecular weight excluding hydrogens is 198 g/mol. The summed E-state index contributed by atoms with van der Waals surface area (Å²) < 4.78 is 0. The molecule has 0 bridgehead atoms. The van der Waals surface area contributed by atoms with Crippen molar-refractivity contribution in [3.63, 3.8) is 0 Å². The van der Waals surface area contributed by atoms with E-state index in [0.717, 1.165) is 6.54 Å². The van der Waals surface area contributed by atoms with Crippen LogP contribution >= 0.6 is 0 Å². The molecule has 2 N–H and O–H groups in total. The maximum atomic E-state index is 9.29. The first-order chi connectivity index (χ1) is 7.88. The molecule has 0 saturated heterocycles. The zero-order chi connectivity index (χ0) is 11.6. The zero-order valence-electron chi connectivity index (χ0n) is 10.9. The van der Waals surface area contributed by atoms with Crippen LogP contribution in [0.25, 0.3) is 0 Å². The van der Waals surface area contributed by atoms with Crippen LogP contribution < -0.4 is 5.32 Å². The summed E-state index contributed by atoms with van der Waals surface area (Å²) in [6, 6.07) is 0.588. The van der Waals surface area contributed by atoms with Gasteiger partial charge in [-0.15, -0.1) is 0 Å². The summed E-state index contributed by atoms with van der Waals surface area (Å²) in [5.41, 5.74) is 0. The Hall–Kier alpha value is -0.0800. The van der Waals surface area contributed by atoms with E-state index in [1.54, 1.807) is 0 Å². The van der Waals surface area contributed by atoms with E-state index in [9.17, 15) is 5.11 Å². The molecule has 2 atom stereocenters. The molecule has 1 aliphatic rings.